The topological polar surface area (TPSA) is 122 Å². The van der Waals surface area contributed by atoms with E-state index in [1.54, 1.807) is 12.1 Å². The lowest BCUT2D eigenvalue weighted by Gasteiger charge is -2.35. The van der Waals surface area contributed by atoms with Crippen LogP contribution in [-0.4, -0.2) is 40.2 Å². The number of hydrogen-bond donors (Lipinski definition) is 2. The van der Waals surface area contributed by atoms with Crippen LogP contribution in [0.4, 0.5) is 32.0 Å². The van der Waals surface area contributed by atoms with Crippen LogP contribution in [0.1, 0.15) is 36.9 Å². The molecule has 0 bridgehead atoms. The smallest absolute Gasteiger partial charge is 0.320 e. The molecule has 2 unspecified atom stereocenters. The monoisotopic (exact) mass is 510 g/mol. The van der Waals surface area contributed by atoms with Crippen molar-refractivity contribution in [1.29, 1.82) is 0 Å². The highest BCUT2D eigenvalue weighted by Gasteiger charge is 2.60. The van der Waals surface area contributed by atoms with Crippen molar-refractivity contribution in [3.63, 3.8) is 0 Å². The van der Waals surface area contributed by atoms with Gasteiger partial charge < -0.3 is 24.7 Å². The molecular formula is C25H24F2N6O4. The Kier molecular flexibility index (Phi) is 6.32. The molecule has 192 valence electrons. The Bertz CT molecular complexity index is 1360. The third-order valence-electron chi connectivity index (χ3n) is 6.60. The number of carbonyl (C=O) groups is 2. The van der Waals surface area contributed by atoms with E-state index in [2.05, 4.69) is 32.4 Å². The number of hydrogen-bond acceptors (Lipinski definition) is 9. The standard InChI is InChI=1S/C25H24F2N6O4/c1-3-36-23(35)17-12-25(17)8-9-33(14(2)11-25)20-7-5-16(13-28-20)29-21(34)22-31-32-24(37-22)30-15-4-6-18(26)19(27)10-15/h4-7,10,13,17H,2-3,8-9,11-12H2,1H3,(H,29,34)(H,30,32). The Morgan fingerprint density at radius 1 is 1.22 bits per heavy atom. The van der Waals surface area contributed by atoms with Gasteiger partial charge in [0.25, 0.3) is 0 Å². The van der Waals surface area contributed by atoms with E-state index >= 15 is 0 Å². The highest BCUT2D eigenvalue weighted by atomic mass is 19.2. The molecule has 1 aliphatic heterocycles. The van der Waals surface area contributed by atoms with Gasteiger partial charge in [0, 0.05) is 24.0 Å². The van der Waals surface area contributed by atoms with Gasteiger partial charge in [-0.1, -0.05) is 11.7 Å². The van der Waals surface area contributed by atoms with Crippen LogP contribution < -0.4 is 15.5 Å². The quantitative estimate of drug-likeness (QED) is 0.445. The molecule has 5 rings (SSSR count). The van der Waals surface area contributed by atoms with Crippen molar-refractivity contribution in [1.82, 2.24) is 15.2 Å². The summed E-state index contributed by atoms with van der Waals surface area (Å²) < 4.78 is 36.9. The zero-order valence-electron chi connectivity index (χ0n) is 20.0. The minimum absolute atomic E-state index is 0.0591. The van der Waals surface area contributed by atoms with E-state index in [1.165, 1.54) is 12.3 Å². The molecule has 2 fully saturated rings. The molecule has 10 nitrogen and oxygen atoms in total. The lowest BCUT2D eigenvalue weighted by Crippen LogP contribution is -2.34. The summed E-state index contributed by atoms with van der Waals surface area (Å²) >= 11 is 0. The fourth-order valence-electron chi connectivity index (χ4n) is 4.62. The molecule has 0 radical (unpaired) electrons. The molecule has 1 aliphatic carbocycles. The maximum Gasteiger partial charge on any atom is 0.320 e. The molecule has 1 spiro atoms. The average Bonchev–Trinajstić information content (AvgIpc) is 3.35. The molecule has 2 aromatic heterocycles. The van der Waals surface area contributed by atoms with Crippen LogP contribution in [0, 0.1) is 23.0 Å². The zero-order chi connectivity index (χ0) is 26.2. The Balaban J connectivity index is 1.17. The van der Waals surface area contributed by atoms with Crippen LogP contribution in [0.15, 0.2) is 53.2 Å². The molecule has 37 heavy (non-hydrogen) atoms. The summed E-state index contributed by atoms with van der Waals surface area (Å²) in [6.07, 6.45) is 3.87. The number of anilines is 4. The third-order valence-corrected chi connectivity index (χ3v) is 6.60. The molecule has 2 N–H and O–H groups in total. The van der Waals surface area contributed by atoms with Gasteiger partial charge in [0.15, 0.2) is 11.6 Å². The van der Waals surface area contributed by atoms with Gasteiger partial charge in [-0.05, 0) is 55.9 Å². The second kappa shape index (κ2) is 9.60. The number of piperidine rings is 1. The molecule has 3 heterocycles. The van der Waals surface area contributed by atoms with Gasteiger partial charge in [-0.3, -0.25) is 9.59 Å². The van der Waals surface area contributed by atoms with Crippen LogP contribution in [-0.2, 0) is 9.53 Å². The minimum atomic E-state index is -1.04. The van der Waals surface area contributed by atoms with Gasteiger partial charge in [-0.25, -0.2) is 13.8 Å². The van der Waals surface area contributed by atoms with Crippen molar-refractivity contribution in [2.24, 2.45) is 11.3 Å². The van der Waals surface area contributed by atoms with E-state index in [0.717, 1.165) is 30.7 Å². The second-order valence-corrected chi connectivity index (χ2v) is 9.04. The predicted octanol–water partition coefficient (Wildman–Crippen LogP) is 4.42. The van der Waals surface area contributed by atoms with Crippen molar-refractivity contribution >= 4 is 35.1 Å². The van der Waals surface area contributed by atoms with E-state index in [9.17, 15) is 18.4 Å². The third kappa shape index (κ3) is 4.99. The summed E-state index contributed by atoms with van der Waals surface area (Å²) in [4.78, 5) is 31.1. The molecule has 2 aliphatic rings. The van der Waals surface area contributed by atoms with Gasteiger partial charge in [-0.2, -0.15) is 0 Å². The number of rotatable bonds is 7. The fraction of sp³-hybridized carbons (Fsp3) is 0.320. The van der Waals surface area contributed by atoms with E-state index in [4.69, 9.17) is 9.15 Å². The first-order valence-electron chi connectivity index (χ1n) is 11.7. The number of nitrogens with zero attached hydrogens (tertiary/aromatic N) is 4. The number of ether oxygens (including phenoxy) is 1. The lowest BCUT2D eigenvalue weighted by molar-refractivity contribution is -0.145. The summed E-state index contributed by atoms with van der Waals surface area (Å²) in [6.45, 7) is 7.06. The number of halogens is 2. The first kappa shape index (κ1) is 24.3. The van der Waals surface area contributed by atoms with E-state index in [1.807, 2.05) is 11.8 Å². The number of pyridine rings is 1. The van der Waals surface area contributed by atoms with Gasteiger partial charge in [0.1, 0.15) is 5.82 Å². The maximum atomic E-state index is 13.4. The van der Waals surface area contributed by atoms with E-state index in [0.29, 0.717) is 31.1 Å². The predicted molar refractivity (Wildman–Crippen MR) is 129 cm³/mol. The number of allylic oxidation sites excluding steroid dienone is 1. The lowest BCUT2D eigenvalue weighted by atomic mass is 9.89. The van der Waals surface area contributed by atoms with Crippen LogP contribution in [0.25, 0.3) is 0 Å². The summed E-state index contributed by atoms with van der Waals surface area (Å²) in [5, 5.41) is 12.6. The number of benzene rings is 1. The van der Waals surface area contributed by atoms with Crippen molar-refractivity contribution in [2.75, 3.05) is 28.7 Å². The Labute approximate surface area is 210 Å². The van der Waals surface area contributed by atoms with Crippen LogP contribution in [0.2, 0.25) is 0 Å². The maximum absolute atomic E-state index is 13.4. The van der Waals surface area contributed by atoms with Gasteiger partial charge in [0.2, 0.25) is 0 Å². The number of carbonyl (C=O) groups excluding carboxylic acids is 2. The summed E-state index contributed by atoms with van der Waals surface area (Å²) in [5.41, 5.74) is 1.41. The molecular weight excluding hydrogens is 486 g/mol. The van der Waals surface area contributed by atoms with Crippen LogP contribution in [0.5, 0.6) is 0 Å². The first-order valence-corrected chi connectivity index (χ1v) is 11.7. The Hall–Kier alpha value is -4.35. The summed E-state index contributed by atoms with van der Waals surface area (Å²) in [6, 6.07) is 6.45. The van der Waals surface area contributed by atoms with Gasteiger partial charge in [0.05, 0.1) is 24.4 Å². The summed E-state index contributed by atoms with van der Waals surface area (Å²) in [7, 11) is 0. The molecule has 1 amide bonds. The molecule has 1 aromatic carbocycles. The number of nitrogens with one attached hydrogen (secondary N) is 2. The molecule has 3 aromatic rings. The van der Waals surface area contributed by atoms with Crippen molar-refractivity contribution in [3.8, 4) is 0 Å². The Morgan fingerprint density at radius 3 is 2.73 bits per heavy atom. The van der Waals surface area contributed by atoms with E-state index < -0.39 is 17.5 Å². The molecule has 2 atom stereocenters. The molecule has 1 saturated heterocycles. The van der Waals surface area contributed by atoms with Gasteiger partial charge in [-0.15, -0.1) is 5.10 Å². The number of aromatic nitrogens is 3. The highest BCUT2D eigenvalue weighted by molar-refractivity contribution is 6.00. The summed E-state index contributed by atoms with van der Waals surface area (Å²) in [5.74, 6) is -2.53. The van der Waals surface area contributed by atoms with Crippen molar-refractivity contribution in [3.05, 3.63) is 66.3 Å². The van der Waals surface area contributed by atoms with Crippen LogP contribution >= 0.6 is 0 Å². The van der Waals surface area contributed by atoms with Gasteiger partial charge >= 0.3 is 23.8 Å². The highest BCUT2D eigenvalue weighted by Crippen LogP contribution is 2.61. The van der Waals surface area contributed by atoms with Crippen molar-refractivity contribution < 1.29 is 27.5 Å². The average molecular weight is 511 g/mol. The number of esters is 1. The largest absolute Gasteiger partial charge is 0.466 e. The SMILES string of the molecule is C=C1CC2(CCN1c1ccc(NC(=O)c3nnc(Nc4ccc(F)c(F)c4)o3)cn1)CC2C(=O)OCC. The normalized spacial score (nSPS) is 20.6. The second-order valence-electron chi connectivity index (χ2n) is 9.04. The minimum Gasteiger partial charge on any atom is -0.466 e. The van der Waals surface area contributed by atoms with Crippen molar-refractivity contribution in [2.45, 2.75) is 26.2 Å². The van der Waals surface area contributed by atoms with Crippen LogP contribution in [0.3, 0.4) is 0 Å². The molecule has 1 saturated carbocycles. The Morgan fingerprint density at radius 2 is 2.03 bits per heavy atom. The fourth-order valence-corrected chi connectivity index (χ4v) is 4.62. The zero-order valence-corrected chi connectivity index (χ0v) is 20.0. The number of amides is 1. The van der Waals surface area contributed by atoms with E-state index in [-0.39, 0.29) is 34.9 Å². The first-order chi connectivity index (χ1) is 17.8. The molecule has 12 heteroatoms.